The maximum atomic E-state index is 12.7. The van der Waals surface area contributed by atoms with Crippen LogP contribution in [0.1, 0.15) is 40.7 Å². The highest BCUT2D eigenvalue weighted by molar-refractivity contribution is 5.94. The van der Waals surface area contributed by atoms with Crippen LogP contribution < -0.4 is 11.1 Å². The van der Waals surface area contributed by atoms with E-state index in [2.05, 4.69) is 5.32 Å². The predicted octanol–water partition coefficient (Wildman–Crippen LogP) is 3.58. The van der Waals surface area contributed by atoms with Gasteiger partial charge in [-0.3, -0.25) is 4.79 Å². The first-order chi connectivity index (χ1) is 10.6. The van der Waals surface area contributed by atoms with Crippen LogP contribution in [0.3, 0.4) is 0 Å². The van der Waals surface area contributed by atoms with Crippen molar-refractivity contribution in [2.24, 2.45) is 5.73 Å². The average Bonchev–Trinajstić information content (AvgIpc) is 2.44. The average molecular weight is 342 g/mol. The van der Waals surface area contributed by atoms with Crippen LogP contribution >= 0.6 is 0 Å². The van der Waals surface area contributed by atoms with Crippen molar-refractivity contribution in [3.8, 4) is 0 Å². The molecule has 130 valence electrons. The summed E-state index contributed by atoms with van der Waals surface area (Å²) in [6.07, 6.45) is -7.99. The lowest BCUT2D eigenvalue weighted by atomic mass is 10.0. The maximum absolute atomic E-state index is 12.7. The zero-order valence-corrected chi connectivity index (χ0v) is 12.0. The number of nitrogens with two attached hydrogens (primary N) is 1. The molecular formula is C14H16F6N2O. The van der Waals surface area contributed by atoms with E-state index in [9.17, 15) is 31.1 Å². The van der Waals surface area contributed by atoms with Crippen molar-refractivity contribution in [2.75, 3.05) is 13.1 Å². The fourth-order valence-electron chi connectivity index (χ4n) is 1.84. The lowest BCUT2D eigenvalue weighted by Gasteiger charge is -2.14. The Labute approximate surface area is 128 Å². The predicted molar refractivity (Wildman–Crippen MR) is 71.7 cm³/mol. The molecule has 0 atom stereocenters. The summed E-state index contributed by atoms with van der Waals surface area (Å²) in [5, 5.41) is 2.30. The fraction of sp³-hybridized carbons (Fsp3) is 0.500. The number of carbonyl (C=O) groups excluding carboxylic acids is 1. The SMILES string of the molecule is NCCCCCNC(=O)c1cc(C(F)(F)F)cc(C(F)(F)F)c1. The van der Waals surface area contributed by atoms with Gasteiger partial charge >= 0.3 is 12.4 Å². The summed E-state index contributed by atoms with van der Waals surface area (Å²) in [5.41, 5.74) is 1.57. The Morgan fingerprint density at radius 1 is 0.913 bits per heavy atom. The number of hydrogen-bond donors (Lipinski definition) is 2. The molecular weight excluding hydrogens is 326 g/mol. The van der Waals surface area contributed by atoms with Gasteiger partial charge in [-0.15, -0.1) is 0 Å². The molecule has 0 aromatic heterocycles. The molecule has 23 heavy (non-hydrogen) atoms. The number of amides is 1. The van der Waals surface area contributed by atoms with Gasteiger partial charge in [-0.2, -0.15) is 26.3 Å². The summed E-state index contributed by atoms with van der Waals surface area (Å²) in [6.45, 7) is 0.618. The third-order valence-electron chi connectivity index (χ3n) is 3.02. The van der Waals surface area contributed by atoms with Gasteiger partial charge in [0, 0.05) is 12.1 Å². The zero-order chi connectivity index (χ0) is 17.7. The second kappa shape index (κ2) is 7.67. The van der Waals surface area contributed by atoms with Gasteiger partial charge in [0.15, 0.2) is 0 Å². The molecule has 1 aromatic rings. The van der Waals surface area contributed by atoms with Crippen molar-refractivity contribution in [1.82, 2.24) is 5.32 Å². The Bertz CT molecular complexity index is 507. The van der Waals surface area contributed by atoms with Gasteiger partial charge in [-0.25, -0.2) is 0 Å². The van der Waals surface area contributed by atoms with Crippen molar-refractivity contribution in [1.29, 1.82) is 0 Å². The molecule has 9 heteroatoms. The van der Waals surface area contributed by atoms with E-state index in [0.717, 1.165) is 6.42 Å². The molecule has 0 bridgehead atoms. The Morgan fingerprint density at radius 3 is 1.87 bits per heavy atom. The van der Waals surface area contributed by atoms with Gasteiger partial charge in [-0.05, 0) is 37.6 Å². The lowest BCUT2D eigenvalue weighted by molar-refractivity contribution is -0.143. The largest absolute Gasteiger partial charge is 0.416 e. The van der Waals surface area contributed by atoms with Crippen LogP contribution in [-0.4, -0.2) is 19.0 Å². The normalized spacial score (nSPS) is 12.3. The van der Waals surface area contributed by atoms with Gasteiger partial charge in [0.25, 0.3) is 5.91 Å². The van der Waals surface area contributed by atoms with Crippen LogP contribution in [0, 0.1) is 0 Å². The van der Waals surface area contributed by atoms with Crippen molar-refractivity contribution in [2.45, 2.75) is 31.6 Å². The number of nitrogens with one attached hydrogen (secondary N) is 1. The number of rotatable bonds is 6. The smallest absolute Gasteiger partial charge is 0.352 e. The first kappa shape index (κ1) is 19.3. The highest BCUT2D eigenvalue weighted by Crippen LogP contribution is 2.36. The molecule has 0 spiro atoms. The molecule has 0 aliphatic carbocycles. The highest BCUT2D eigenvalue weighted by Gasteiger charge is 2.37. The van der Waals surface area contributed by atoms with Gasteiger partial charge in [0.05, 0.1) is 11.1 Å². The summed E-state index contributed by atoms with van der Waals surface area (Å²) < 4.78 is 76.1. The van der Waals surface area contributed by atoms with E-state index < -0.39 is 35.0 Å². The first-order valence-electron chi connectivity index (χ1n) is 6.83. The molecule has 0 fully saturated rings. The Kier molecular flexibility index (Phi) is 6.43. The van der Waals surface area contributed by atoms with Gasteiger partial charge in [0.1, 0.15) is 0 Å². The second-order valence-corrected chi connectivity index (χ2v) is 4.90. The number of unbranched alkanes of at least 4 members (excludes halogenated alkanes) is 2. The van der Waals surface area contributed by atoms with Crippen molar-refractivity contribution in [3.05, 3.63) is 34.9 Å². The van der Waals surface area contributed by atoms with Crippen molar-refractivity contribution >= 4 is 5.91 Å². The number of alkyl halides is 6. The summed E-state index contributed by atoms with van der Waals surface area (Å²) in [5.74, 6) is -0.977. The Balaban J connectivity index is 2.94. The van der Waals surface area contributed by atoms with Crippen molar-refractivity contribution < 1.29 is 31.1 Å². The molecule has 0 radical (unpaired) electrons. The van der Waals surface area contributed by atoms with E-state index in [1.54, 1.807) is 0 Å². The summed E-state index contributed by atoms with van der Waals surface area (Å²) in [4.78, 5) is 11.8. The molecule has 1 aromatic carbocycles. The standard InChI is InChI=1S/C14H16F6N2O/c15-13(16,17)10-6-9(7-11(8-10)14(18,19)20)12(23)22-5-3-1-2-4-21/h6-8H,1-5,21H2,(H,22,23). The van der Waals surface area contributed by atoms with Crippen LogP contribution in [0.4, 0.5) is 26.3 Å². The Hall–Kier alpha value is -1.77. The van der Waals surface area contributed by atoms with E-state index in [-0.39, 0.29) is 12.6 Å². The van der Waals surface area contributed by atoms with Crippen LogP contribution in [0.2, 0.25) is 0 Å². The highest BCUT2D eigenvalue weighted by atomic mass is 19.4. The molecule has 0 aliphatic heterocycles. The van der Waals surface area contributed by atoms with Gasteiger partial charge < -0.3 is 11.1 Å². The molecule has 1 amide bonds. The number of carbonyl (C=O) groups is 1. The topological polar surface area (TPSA) is 55.1 Å². The minimum absolute atomic E-state index is 0.0158. The van der Waals surface area contributed by atoms with Gasteiger partial charge in [-0.1, -0.05) is 6.42 Å². The summed E-state index contributed by atoms with van der Waals surface area (Å²) in [6, 6.07) is 0.799. The fourth-order valence-corrected chi connectivity index (χ4v) is 1.84. The molecule has 0 saturated heterocycles. The number of halogens is 6. The summed E-state index contributed by atoms with van der Waals surface area (Å²) in [7, 11) is 0. The minimum Gasteiger partial charge on any atom is -0.352 e. The molecule has 3 N–H and O–H groups in total. The van der Waals surface area contributed by atoms with E-state index in [1.807, 2.05) is 0 Å². The minimum atomic E-state index is -4.97. The lowest BCUT2D eigenvalue weighted by Crippen LogP contribution is -2.25. The van der Waals surface area contributed by atoms with Crippen LogP contribution in [0.15, 0.2) is 18.2 Å². The first-order valence-corrected chi connectivity index (χ1v) is 6.83. The van der Waals surface area contributed by atoms with E-state index in [0.29, 0.717) is 31.5 Å². The van der Waals surface area contributed by atoms with Crippen LogP contribution in [-0.2, 0) is 12.4 Å². The maximum Gasteiger partial charge on any atom is 0.416 e. The zero-order valence-electron chi connectivity index (χ0n) is 12.0. The van der Waals surface area contributed by atoms with Crippen LogP contribution in [0.25, 0.3) is 0 Å². The molecule has 0 saturated carbocycles. The third kappa shape index (κ3) is 6.09. The Morgan fingerprint density at radius 2 is 1.43 bits per heavy atom. The number of hydrogen-bond acceptors (Lipinski definition) is 2. The molecule has 0 heterocycles. The summed E-state index contributed by atoms with van der Waals surface area (Å²) >= 11 is 0. The van der Waals surface area contributed by atoms with E-state index in [1.165, 1.54) is 0 Å². The molecule has 3 nitrogen and oxygen atoms in total. The third-order valence-corrected chi connectivity index (χ3v) is 3.02. The number of benzene rings is 1. The van der Waals surface area contributed by atoms with E-state index in [4.69, 9.17) is 5.73 Å². The molecule has 0 aliphatic rings. The van der Waals surface area contributed by atoms with Crippen LogP contribution in [0.5, 0.6) is 0 Å². The quantitative estimate of drug-likeness (QED) is 0.613. The van der Waals surface area contributed by atoms with Gasteiger partial charge in [0.2, 0.25) is 0 Å². The second-order valence-electron chi connectivity index (χ2n) is 4.90. The van der Waals surface area contributed by atoms with Crippen molar-refractivity contribution in [3.63, 3.8) is 0 Å². The monoisotopic (exact) mass is 342 g/mol. The van der Waals surface area contributed by atoms with E-state index >= 15 is 0 Å². The molecule has 0 unspecified atom stereocenters. The molecule has 1 rings (SSSR count).